The molecular formula is C20H21N3O7. The van der Waals surface area contributed by atoms with Gasteiger partial charge in [-0.05, 0) is 30.3 Å². The molecule has 0 saturated heterocycles. The minimum Gasteiger partial charge on any atom is -0.493 e. The third-order valence-corrected chi connectivity index (χ3v) is 4.18. The van der Waals surface area contributed by atoms with Gasteiger partial charge in [-0.3, -0.25) is 25.2 Å². The molecule has 3 rings (SSSR count). The van der Waals surface area contributed by atoms with Crippen LogP contribution in [0, 0.1) is 0 Å². The lowest BCUT2D eigenvalue weighted by molar-refractivity contribution is -0.134. The number of hydrogen-bond acceptors (Lipinski definition) is 7. The second kappa shape index (κ2) is 9.50. The molecule has 10 heteroatoms. The Morgan fingerprint density at radius 2 is 1.73 bits per heavy atom. The first-order valence-electron chi connectivity index (χ1n) is 8.99. The molecule has 0 bridgehead atoms. The molecule has 0 aromatic heterocycles. The first kappa shape index (κ1) is 20.8. The molecular weight excluding hydrogens is 394 g/mol. The van der Waals surface area contributed by atoms with Crippen LogP contribution in [0.15, 0.2) is 42.5 Å². The maximum Gasteiger partial charge on any atom is 0.283 e. The van der Waals surface area contributed by atoms with Gasteiger partial charge in [-0.25, -0.2) is 0 Å². The van der Waals surface area contributed by atoms with Crippen molar-refractivity contribution >= 4 is 17.7 Å². The van der Waals surface area contributed by atoms with Crippen LogP contribution in [0.25, 0.3) is 0 Å². The average molecular weight is 415 g/mol. The van der Waals surface area contributed by atoms with Crippen LogP contribution in [-0.4, -0.2) is 51.2 Å². The molecule has 0 aliphatic carbocycles. The number of fused-ring (bicyclic) bond motifs is 1. The van der Waals surface area contributed by atoms with Crippen molar-refractivity contribution in [3.8, 4) is 23.0 Å². The largest absolute Gasteiger partial charge is 0.493 e. The molecule has 0 saturated carbocycles. The Bertz CT molecular complexity index is 948. The van der Waals surface area contributed by atoms with Crippen molar-refractivity contribution in [2.45, 2.75) is 6.10 Å². The van der Waals surface area contributed by atoms with Gasteiger partial charge in [0.05, 0.1) is 20.8 Å². The minimum atomic E-state index is -0.915. The van der Waals surface area contributed by atoms with Crippen molar-refractivity contribution in [2.75, 3.05) is 27.4 Å². The van der Waals surface area contributed by atoms with E-state index in [4.69, 9.17) is 18.9 Å². The number of ether oxygens (including phenoxy) is 4. The quantitative estimate of drug-likeness (QED) is 0.584. The van der Waals surface area contributed by atoms with Gasteiger partial charge in [0.25, 0.3) is 17.7 Å². The summed E-state index contributed by atoms with van der Waals surface area (Å²) in [6, 6.07) is 11.6. The standard InChI is InChI=1S/C20H21N3O7/c1-27-13-8-7-12(9-16(13)28-2)19(25)21-10-18(24)22-23-20(26)17-11-29-14-5-3-4-6-15(14)30-17/h3-9,17H,10-11H2,1-2H3,(H,21,25)(H,22,24)(H,23,26). The molecule has 3 N–H and O–H groups in total. The van der Waals surface area contributed by atoms with E-state index in [1.165, 1.54) is 26.4 Å². The number of nitrogens with one attached hydrogen (secondary N) is 3. The maximum atomic E-state index is 12.2. The van der Waals surface area contributed by atoms with Gasteiger partial charge in [-0.15, -0.1) is 0 Å². The van der Waals surface area contributed by atoms with Gasteiger partial charge in [0.15, 0.2) is 23.0 Å². The third-order valence-electron chi connectivity index (χ3n) is 4.18. The van der Waals surface area contributed by atoms with Crippen molar-refractivity contribution in [1.82, 2.24) is 16.2 Å². The normalized spacial score (nSPS) is 14.3. The molecule has 1 atom stereocenters. The Hall–Kier alpha value is -3.95. The molecule has 3 amide bonds. The molecule has 30 heavy (non-hydrogen) atoms. The van der Waals surface area contributed by atoms with Crippen molar-refractivity contribution in [3.05, 3.63) is 48.0 Å². The second-order valence-electron chi connectivity index (χ2n) is 6.15. The summed E-state index contributed by atoms with van der Waals surface area (Å²) < 4.78 is 21.3. The predicted octanol–water partition coefficient (Wildman–Crippen LogP) is 0.421. The molecule has 1 heterocycles. The van der Waals surface area contributed by atoms with Gasteiger partial charge in [0.1, 0.15) is 6.61 Å². The van der Waals surface area contributed by atoms with E-state index in [-0.39, 0.29) is 18.7 Å². The zero-order chi connectivity index (χ0) is 21.5. The van der Waals surface area contributed by atoms with E-state index in [0.717, 1.165) is 0 Å². The fraction of sp³-hybridized carbons (Fsp3) is 0.250. The Kier molecular flexibility index (Phi) is 6.58. The summed E-state index contributed by atoms with van der Waals surface area (Å²) in [5.74, 6) is 0.168. The van der Waals surface area contributed by atoms with E-state index in [9.17, 15) is 14.4 Å². The number of para-hydroxylation sites is 2. The predicted molar refractivity (Wildman–Crippen MR) is 105 cm³/mol. The lowest BCUT2D eigenvalue weighted by atomic mass is 10.2. The van der Waals surface area contributed by atoms with Crippen molar-refractivity contribution < 1.29 is 33.3 Å². The topological polar surface area (TPSA) is 124 Å². The van der Waals surface area contributed by atoms with Crippen LogP contribution < -0.4 is 35.1 Å². The zero-order valence-electron chi connectivity index (χ0n) is 16.4. The van der Waals surface area contributed by atoms with Crippen LogP contribution in [0.2, 0.25) is 0 Å². The van der Waals surface area contributed by atoms with Crippen LogP contribution >= 0.6 is 0 Å². The number of rotatable bonds is 6. The highest BCUT2D eigenvalue weighted by Gasteiger charge is 2.27. The molecule has 1 aliphatic heterocycles. The van der Waals surface area contributed by atoms with Crippen LogP contribution in [-0.2, 0) is 9.59 Å². The maximum absolute atomic E-state index is 12.2. The van der Waals surface area contributed by atoms with Gasteiger partial charge in [-0.2, -0.15) is 0 Å². The van der Waals surface area contributed by atoms with Gasteiger partial charge >= 0.3 is 0 Å². The smallest absolute Gasteiger partial charge is 0.283 e. The molecule has 2 aromatic carbocycles. The highest BCUT2D eigenvalue weighted by atomic mass is 16.6. The van der Waals surface area contributed by atoms with Gasteiger partial charge in [-0.1, -0.05) is 12.1 Å². The molecule has 10 nitrogen and oxygen atoms in total. The van der Waals surface area contributed by atoms with Crippen LogP contribution in [0.1, 0.15) is 10.4 Å². The Morgan fingerprint density at radius 1 is 1.00 bits per heavy atom. The highest BCUT2D eigenvalue weighted by molar-refractivity contribution is 5.97. The van der Waals surface area contributed by atoms with Crippen LogP contribution in [0.5, 0.6) is 23.0 Å². The van der Waals surface area contributed by atoms with E-state index in [0.29, 0.717) is 23.0 Å². The molecule has 158 valence electrons. The molecule has 2 aromatic rings. The van der Waals surface area contributed by atoms with Gasteiger partial charge in [0.2, 0.25) is 6.10 Å². The molecule has 1 aliphatic rings. The zero-order valence-corrected chi connectivity index (χ0v) is 16.4. The summed E-state index contributed by atoms with van der Waals surface area (Å²) in [6.07, 6.45) is -0.915. The van der Waals surface area contributed by atoms with Crippen molar-refractivity contribution in [1.29, 1.82) is 0 Å². The van der Waals surface area contributed by atoms with Gasteiger partial charge < -0.3 is 24.3 Å². The average Bonchev–Trinajstić information content (AvgIpc) is 2.79. The van der Waals surface area contributed by atoms with Crippen molar-refractivity contribution in [2.24, 2.45) is 0 Å². The first-order chi connectivity index (χ1) is 14.5. The third kappa shape index (κ3) is 4.90. The Labute approximate surface area is 172 Å². The number of methoxy groups -OCH3 is 2. The van der Waals surface area contributed by atoms with E-state index < -0.39 is 23.8 Å². The number of hydrazine groups is 1. The summed E-state index contributed by atoms with van der Waals surface area (Å²) in [7, 11) is 2.94. The van der Waals surface area contributed by atoms with E-state index >= 15 is 0 Å². The summed E-state index contributed by atoms with van der Waals surface area (Å²) in [5, 5.41) is 2.45. The highest BCUT2D eigenvalue weighted by Crippen LogP contribution is 2.30. The monoisotopic (exact) mass is 415 g/mol. The summed E-state index contributed by atoms with van der Waals surface area (Å²) in [6.45, 7) is -0.340. The number of amides is 3. The summed E-state index contributed by atoms with van der Waals surface area (Å²) in [5.41, 5.74) is 4.75. The molecule has 0 spiro atoms. The fourth-order valence-electron chi connectivity index (χ4n) is 2.64. The molecule has 0 fully saturated rings. The lowest BCUT2D eigenvalue weighted by Gasteiger charge is -2.25. The summed E-state index contributed by atoms with van der Waals surface area (Å²) >= 11 is 0. The number of carbonyl (C=O) groups is 3. The number of carbonyl (C=O) groups excluding carboxylic acids is 3. The fourth-order valence-corrected chi connectivity index (χ4v) is 2.64. The SMILES string of the molecule is COc1ccc(C(=O)NCC(=O)NNC(=O)C2COc3ccccc3O2)cc1OC. The van der Waals surface area contributed by atoms with Gasteiger partial charge in [0, 0.05) is 5.56 Å². The second-order valence-corrected chi connectivity index (χ2v) is 6.15. The van der Waals surface area contributed by atoms with Crippen LogP contribution in [0.4, 0.5) is 0 Å². The molecule has 0 radical (unpaired) electrons. The number of benzene rings is 2. The number of hydrogen-bond donors (Lipinski definition) is 3. The first-order valence-corrected chi connectivity index (χ1v) is 8.99. The lowest BCUT2D eigenvalue weighted by Crippen LogP contribution is -2.52. The minimum absolute atomic E-state index is 0.00869. The van der Waals surface area contributed by atoms with Crippen LogP contribution in [0.3, 0.4) is 0 Å². The molecule has 1 unspecified atom stereocenters. The van der Waals surface area contributed by atoms with E-state index in [1.807, 2.05) is 0 Å². The summed E-state index contributed by atoms with van der Waals surface area (Å²) in [4.78, 5) is 36.3. The van der Waals surface area contributed by atoms with Crippen molar-refractivity contribution in [3.63, 3.8) is 0 Å². The van der Waals surface area contributed by atoms with E-state index in [2.05, 4.69) is 16.2 Å². The van der Waals surface area contributed by atoms with E-state index in [1.54, 1.807) is 30.3 Å². The Morgan fingerprint density at radius 3 is 2.47 bits per heavy atom. The Balaban J connectivity index is 1.45.